The first-order valence-corrected chi connectivity index (χ1v) is 5.05. The van der Waals surface area contributed by atoms with Crippen LogP contribution in [0.2, 0.25) is 0 Å². The highest BCUT2D eigenvalue weighted by Crippen LogP contribution is 2.14. The summed E-state index contributed by atoms with van der Waals surface area (Å²) in [6.45, 7) is 3.41. The lowest BCUT2D eigenvalue weighted by molar-refractivity contribution is 0.399. The minimum absolute atomic E-state index is 0.752. The minimum atomic E-state index is 0.752. The van der Waals surface area contributed by atoms with Crippen LogP contribution >= 0.6 is 0 Å². The molecule has 1 fully saturated rings. The summed E-state index contributed by atoms with van der Waals surface area (Å²) in [5, 5.41) is 11.1. The van der Waals surface area contributed by atoms with Crippen LogP contribution in [0.15, 0.2) is 18.3 Å². The van der Waals surface area contributed by atoms with Crippen molar-refractivity contribution in [3.63, 3.8) is 0 Å². The Bertz CT molecular complexity index is 275. The molecular weight excluding hydrogens is 176 g/mol. The van der Waals surface area contributed by atoms with E-state index in [1.54, 1.807) is 6.20 Å². The molecular formula is C10H16N4. The molecule has 0 amide bonds. The molecule has 1 aliphatic heterocycles. The highest BCUT2D eigenvalue weighted by atomic mass is 15.2. The predicted molar refractivity (Wildman–Crippen MR) is 56.1 cm³/mol. The zero-order valence-electron chi connectivity index (χ0n) is 8.48. The van der Waals surface area contributed by atoms with E-state index in [2.05, 4.69) is 27.5 Å². The summed E-state index contributed by atoms with van der Waals surface area (Å²) in [5.41, 5.74) is 0. The summed E-state index contributed by atoms with van der Waals surface area (Å²) in [4.78, 5) is 2.36. The average molecular weight is 192 g/mol. The molecule has 1 saturated heterocycles. The van der Waals surface area contributed by atoms with Gasteiger partial charge in [-0.15, -0.1) is 5.10 Å². The number of anilines is 1. The van der Waals surface area contributed by atoms with Gasteiger partial charge in [-0.05, 0) is 38.1 Å². The molecule has 1 N–H and O–H groups in total. The van der Waals surface area contributed by atoms with Crippen LogP contribution in [0.25, 0.3) is 0 Å². The summed E-state index contributed by atoms with van der Waals surface area (Å²) in [6, 6.07) is 3.85. The molecule has 0 aliphatic carbocycles. The fourth-order valence-electron chi connectivity index (χ4n) is 1.84. The van der Waals surface area contributed by atoms with Crippen molar-refractivity contribution in [2.45, 2.75) is 6.42 Å². The molecule has 14 heavy (non-hydrogen) atoms. The largest absolute Gasteiger partial charge is 0.368 e. The van der Waals surface area contributed by atoms with Gasteiger partial charge in [0.1, 0.15) is 5.82 Å². The topological polar surface area (TPSA) is 41.0 Å². The SMILES string of the molecule is CN1CCC(CNc2cccnn2)C1. The zero-order valence-corrected chi connectivity index (χ0v) is 8.48. The van der Waals surface area contributed by atoms with Crippen LogP contribution in [0, 0.1) is 5.92 Å². The lowest BCUT2D eigenvalue weighted by Crippen LogP contribution is -2.19. The van der Waals surface area contributed by atoms with E-state index in [4.69, 9.17) is 0 Å². The minimum Gasteiger partial charge on any atom is -0.368 e. The first-order valence-electron chi connectivity index (χ1n) is 5.05. The van der Waals surface area contributed by atoms with Crippen molar-refractivity contribution in [3.05, 3.63) is 18.3 Å². The second kappa shape index (κ2) is 4.37. The number of likely N-dealkylation sites (tertiary alicyclic amines) is 1. The van der Waals surface area contributed by atoms with Gasteiger partial charge in [-0.1, -0.05) is 0 Å². The molecule has 1 aromatic heterocycles. The number of hydrogen-bond acceptors (Lipinski definition) is 4. The van der Waals surface area contributed by atoms with Crippen LogP contribution in [-0.2, 0) is 0 Å². The summed E-state index contributed by atoms with van der Waals surface area (Å²) >= 11 is 0. The number of rotatable bonds is 3. The Hall–Kier alpha value is -1.16. The van der Waals surface area contributed by atoms with Gasteiger partial charge in [0.15, 0.2) is 0 Å². The highest BCUT2D eigenvalue weighted by Gasteiger charge is 2.18. The van der Waals surface area contributed by atoms with Crippen LogP contribution in [0.5, 0.6) is 0 Å². The molecule has 0 radical (unpaired) electrons. The highest BCUT2D eigenvalue weighted by molar-refractivity contribution is 5.31. The zero-order chi connectivity index (χ0) is 9.80. The smallest absolute Gasteiger partial charge is 0.148 e. The molecule has 2 rings (SSSR count). The van der Waals surface area contributed by atoms with Crippen molar-refractivity contribution < 1.29 is 0 Å². The summed E-state index contributed by atoms with van der Waals surface area (Å²) in [7, 11) is 2.17. The van der Waals surface area contributed by atoms with E-state index in [-0.39, 0.29) is 0 Å². The maximum Gasteiger partial charge on any atom is 0.148 e. The first-order chi connectivity index (χ1) is 6.84. The molecule has 1 aromatic rings. The van der Waals surface area contributed by atoms with E-state index in [1.807, 2.05) is 12.1 Å². The van der Waals surface area contributed by atoms with Gasteiger partial charge in [0, 0.05) is 19.3 Å². The summed E-state index contributed by atoms with van der Waals surface area (Å²) in [6.07, 6.45) is 2.97. The second-order valence-corrected chi connectivity index (χ2v) is 3.91. The van der Waals surface area contributed by atoms with Crippen LogP contribution in [0.3, 0.4) is 0 Å². The Morgan fingerprint density at radius 3 is 3.21 bits per heavy atom. The number of nitrogens with zero attached hydrogens (tertiary/aromatic N) is 3. The van der Waals surface area contributed by atoms with E-state index < -0.39 is 0 Å². The lowest BCUT2D eigenvalue weighted by Gasteiger charge is -2.11. The third kappa shape index (κ3) is 2.42. The molecule has 0 spiro atoms. The Kier molecular flexibility index (Phi) is 2.93. The second-order valence-electron chi connectivity index (χ2n) is 3.91. The third-order valence-electron chi connectivity index (χ3n) is 2.63. The fraction of sp³-hybridized carbons (Fsp3) is 0.600. The quantitative estimate of drug-likeness (QED) is 0.770. The van der Waals surface area contributed by atoms with Crippen molar-refractivity contribution in [3.8, 4) is 0 Å². The molecule has 1 unspecified atom stereocenters. The van der Waals surface area contributed by atoms with Crippen molar-refractivity contribution in [1.82, 2.24) is 15.1 Å². The van der Waals surface area contributed by atoms with E-state index in [0.717, 1.165) is 18.3 Å². The first kappa shape index (κ1) is 9.40. The van der Waals surface area contributed by atoms with Gasteiger partial charge in [0.05, 0.1) is 0 Å². The maximum absolute atomic E-state index is 3.98. The van der Waals surface area contributed by atoms with E-state index in [1.165, 1.54) is 19.5 Å². The van der Waals surface area contributed by atoms with Crippen LogP contribution < -0.4 is 5.32 Å². The van der Waals surface area contributed by atoms with Crippen molar-refractivity contribution in [2.75, 3.05) is 32.0 Å². The number of nitrogens with one attached hydrogen (secondary N) is 1. The normalized spacial score (nSPS) is 22.5. The average Bonchev–Trinajstić information content (AvgIpc) is 2.63. The molecule has 4 nitrogen and oxygen atoms in total. The molecule has 1 aliphatic rings. The van der Waals surface area contributed by atoms with Crippen molar-refractivity contribution >= 4 is 5.82 Å². The lowest BCUT2D eigenvalue weighted by atomic mass is 10.1. The molecule has 0 bridgehead atoms. The number of hydrogen-bond donors (Lipinski definition) is 1. The van der Waals surface area contributed by atoms with Gasteiger partial charge >= 0.3 is 0 Å². The standard InChI is InChI=1S/C10H16N4/c1-14-6-4-9(8-14)7-11-10-3-2-5-12-13-10/h2-3,5,9H,4,6-8H2,1H3,(H,11,13). The molecule has 0 saturated carbocycles. The molecule has 4 heteroatoms. The van der Waals surface area contributed by atoms with E-state index in [9.17, 15) is 0 Å². The Balaban J connectivity index is 1.78. The maximum atomic E-state index is 3.98. The summed E-state index contributed by atoms with van der Waals surface area (Å²) in [5.74, 6) is 1.63. The molecule has 1 atom stereocenters. The summed E-state index contributed by atoms with van der Waals surface area (Å²) < 4.78 is 0. The molecule has 2 heterocycles. The molecule has 0 aromatic carbocycles. The van der Waals surface area contributed by atoms with Crippen LogP contribution in [0.4, 0.5) is 5.82 Å². The fourth-order valence-corrected chi connectivity index (χ4v) is 1.84. The van der Waals surface area contributed by atoms with Crippen molar-refractivity contribution in [1.29, 1.82) is 0 Å². The third-order valence-corrected chi connectivity index (χ3v) is 2.63. The Morgan fingerprint density at radius 1 is 1.64 bits per heavy atom. The van der Waals surface area contributed by atoms with E-state index >= 15 is 0 Å². The van der Waals surface area contributed by atoms with Gasteiger partial charge in [0.25, 0.3) is 0 Å². The van der Waals surface area contributed by atoms with E-state index in [0.29, 0.717) is 0 Å². The van der Waals surface area contributed by atoms with Crippen LogP contribution in [-0.4, -0.2) is 41.8 Å². The van der Waals surface area contributed by atoms with Gasteiger partial charge in [0.2, 0.25) is 0 Å². The number of aromatic nitrogens is 2. The predicted octanol–water partition coefficient (Wildman–Crippen LogP) is 0.840. The van der Waals surface area contributed by atoms with Crippen LogP contribution in [0.1, 0.15) is 6.42 Å². The van der Waals surface area contributed by atoms with Crippen molar-refractivity contribution in [2.24, 2.45) is 5.92 Å². The van der Waals surface area contributed by atoms with Gasteiger partial charge in [-0.25, -0.2) is 0 Å². The monoisotopic (exact) mass is 192 g/mol. The van der Waals surface area contributed by atoms with Gasteiger partial charge in [-0.3, -0.25) is 0 Å². The Morgan fingerprint density at radius 2 is 2.57 bits per heavy atom. The Labute approximate surface area is 84.3 Å². The molecule has 76 valence electrons. The van der Waals surface area contributed by atoms with Gasteiger partial charge in [-0.2, -0.15) is 5.10 Å². The van der Waals surface area contributed by atoms with Gasteiger partial charge < -0.3 is 10.2 Å².